The lowest BCUT2D eigenvalue weighted by atomic mass is 9.99. The quantitative estimate of drug-likeness (QED) is 0.653. The number of hydrogen-bond acceptors (Lipinski definition) is 5. The predicted octanol–water partition coefficient (Wildman–Crippen LogP) is 3.53. The molecule has 0 saturated heterocycles. The Kier molecular flexibility index (Phi) is 8.06. The van der Waals surface area contributed by atoms with Gasteiger partial charge in [0.1, 0.15) is 6.04 Å². The molecule has 0 saturated carbocycles. The molecule has 1 aliphatic heterocycles. The number of carbonyl (C=O) groups is 2. The Morgan fingerprint density at radius 1 is 1.10 bits per heavy atom. The molecule has 0 fully saturated rings. The molecular formula is C23H29N3O4S. The van der Waals surface area contributed by atoms with Gasteiger partial charge >= 0.3 is 6.03 Å². The summed E-state index contributed by atoms with van der Waals surface area (Å²) in [6.07, 6.45) is 3.26. The van der Waals surface area contributed by atoms with E-state index in [9.17, 15) is 9.59 Å². The number of methoxy groups -OCH3 is 2. The summed E-state index contributed by atoms with van der Waals surface area (Å²) in [7, 11) is 3.21. The third kappa shape index (κ3) is 5.85. The van der Waals surface area contributed by atoms with Crippen molar-refractivity contribution in [3.8, 4) is 11.5 Å². The SMILES string of the molecule is COc1cc2c(cc1OC)CN(C(=O)NC(CCSC)C(=O)Nc1ccccc1)CC2. The Morgan fingerprint density at radius 3 is 2.42 bits per heavy atom. The van der Waals surface area contributed by atoms with Crippen molar-refractivity contribution in [1.82, 2.24) is 10.2 Å². The van der Waals surface area contributed by atoms with E-state index in [1.165, 1.54) is 0 Å². The highest BCUT2D eigenvalue weighted by Gasteiger charge is 2.27. The van der Waals surface area contributed by atoms with Crippen molar-refractivity contribution in [3.63, 3.8) is 0 Å². The van der Waals surface area contributed by atoms with Crippen molar-refractivity contribution in [2.45, 2.75) is 25.4 Å². The topological polar surface area (TPSA) is 79.9 Å². The third-order valence-corrected chi connectivity index (χ3v) is 5.92. The average Bonchev–Trinajstić information content (AvgIpc) is 2.80. The van der Waals surface area contributed by atoms with Crippen LogP contribution in [0.2, 0.25) is 0 Å². The molecule has 2 N–H and O–H groups in total. The summed E-state index contributed by atoms with van der Waals surface area (Å²) in [5.74, 6) is 1.89. The summed E-state index contributed by atoms with van der Waals surface area (Å²) >= 11 is 1.64. The molecule has 0 bridgehead atoms. The second-order valence-corrected chi connectivity index (χ2v) is 8.27. The van der Waals surface area contributed by atoms with E-state index >= 15 is 0 Å². The first kappa shape index (κ1) is 22.8. The van der Waals surface area contributed by atoms with E-state index in [1.807, 2.05) is 48.7 Å². The van der Waals surface area contributed by atoms with Crippen LogP contribution in [0.1, 0.15) is 17.5 Å². The van der Waals surface area contributed by atoms with Gasteiger partial charge in [-0.1, -0.05) is 18.2 Å². The second kappa shape index (κ2) is 10.9. The van der Waals surface area contributed by atoms with Crippen molar-refractivity contribution in [1.29, 1.82) is 0 Å². The number of para-hydroxylation sites is 1. The number of rotatable bonds is 8. The highest BCUT2D eigenvalue weighted by atomic mass is 32.2. The average molecular weight is 444 g/mol. The molecule has 2 aromatic rings. The van der Waals surface area contributed by atoms with Crippen molar-refractivity contribution in [2.75, 3.05) is 38.1 Å². The number of fused-ring (bicyclic) bond motifs is 1. The monoisotopic (exact) mass is 443 g/mol. The van der Waals surface area contributed by atoms with E-state index in [2.05, 4.69) is 10.6 Å². The number of urea groups is 1. The van der Waals surface area contributed by atoms with Crippen LogP contribution in [-0.4, -0.2) is 55.7 Å². The summed E-state index contributed by atoms with van der Waals surface area (Å²) in [5, 5.41) is 5.82. The minimum atomic E-state index is -0.605. The summed E-state index contributed by atoms with van der Waals surface area (Å²) in [5.41, 5.74) is 2.87. The number of ether oxygens (including phenoxy) is 2. The molecule has 166 valence electrons. The van der Waals surface area contributed by atoms with Crippen molar-refractivity contribution in [2.24, 2.45) is 0 Å². The maximum Gasteiger partial charge on any atom is 0.318 e. The smallest absolute Gasteiger partial charge is 0.318 e. The maximum atomic E-state index is 13.0. The summed E-state index contributed by atoms with van der Waals surface area (Å²) in [4.78, 5) is 27.5. The molecule has 1 heterocycles. The van der Waals surface area contributed by atoms with E-state index in [-0.39, 0.29) is 11.9 Å². The predicted molar refractivity (Wildman–Crippen MR) is 124 cm³/mol. The Hall–Kier alpha value is -2.87. The van der Waals surface area contributed by atoms with E-state index in [0.717, 1.165) is 23.3 Å². The van der Waals surface area contributed by atoms with Crippen molar-refractivity contribution in [3.05, 3.63) is 53.6 Å². The second-order valence-electron chi connectivity index (χ2n) is 7.29. The van der Waals surface area contributed by atoms with E-state index < -0.39 is 6.04 Å². The molecule has 0 radical (unpaired) electrons. The molecule has 3 rings (SSSR count). The fraction of sp³-hybridized carbons (Fsp3) is 0.391. The van der Waals surface area contributed by atoms with Gasteiger partial charge in [-0.05, 0) is 60.2 Å². The van der Waals surface area contributed by atoms with Gasteiger partial charge in [0.05, 0.1) is 14.2 Å². The van der Waals surface area contributed by atoms with Crippen molar-refractivity contribution >= 4 is 29.4 Å². The van der Waals surface area contributed by atoms with Gasteiger partial charge in [-0.2, -0.15) is 11.8 Å². The fourth-order valence-electron chi connectivity index (χ4n) is 3.55. The van der Waals surface area contributed by atoms with Crippen LogP contribution in [0, 0.1) is 0 Å². The zero-order valence-electron chi connectivity index (χ0n) is 18.1. The zero-order chi connectivity index (χ0) is 22.2. The Bertz CT molecular complexity index is 907. The molecule has 1 unspecified atom stereocenters. The number of thioether (sulfide) groups is 1. The lowest BCUT2D eigenvalue weighted by Crippen LogP contribution is -2.50. The molecule has 0 spiro atoms. The molecule has 7 nitrogen and oxygen atoms in total. The Labute approximate surface area is 187 Å². The van der Waals surface area contributed by atoms with Gasteiger partial charge in [0.2, 0.25) is 5.91 Å². The summed E-state index contributed by atoms with van der Waals surface area (Å²) in [6, 6.07) is 12.3. The highest BCUT2D eigenvalue weighted by Crippen LogP contribution is 2.33. The van der Waals surface area contributed by atoms with Gasteiger partial charge < -0.3 is 25.0 Å². The van der Waals surface area contributed by atoms with Crippen LogP contribution in [0.25, 0.3) is 0 Å². The number of nitrogens with one attached hydrogen (secondary N) is 2. The van der Waals surface area contributed by atoms with E-state index in [1.54, 1.807) is 30.9 Å². The molecule has 3 amide bonds. The largest absolute Gasteiger partial charge is 0.493 e. The lowest BCUT2D eigenvalue weighted by Gasteiger charge is -2.31. The van der Waals surface area contributed by atoms with Crippen LogP contribution in [0.3, 0.4) is 0 Å². The highest BCUT2D eigenvalue weighted by molar-refractivity contribution is 7.98. The zero-order valence-corrected chi connectivity index (χ0v) is 19.0. The van der Waals surface area contributed by atoms with E-state index in [0.29, 0.717) is 36.7 Å². The normalized spacial score (nSPS) is 13.7. The molecule has 8 heteroatoms. The molecule has 2 aromatic carbocycles. The summed E-state index contributed by atoms with van der Waals surface area (Å²) < 4.78 is 10.8. The molecule has 0 aliphatic carbocycles. The van der Waals surface area contributed by atoms with Gasteiger partial charge in [0.25, 0.3) is 0 Å². The third-order valence-electron chi connectivity index (χ3n) is 5.27. The minimum Gasteiger partial charge on any atom is -0.493 e. The van der Waals surface area contributed by atoms with Gasteiger partial charge in [-0.25, -0.2) is 4.79 Å². The van der Waals surface area contributed by atoms with Crippen molar-refractivity contribution < 1.29 is 19.1 Å². The number of nitrogens with zero attached hydrogens (tertiary/aromatic N) is 1. The number of anilines is 1. The molecule has 31 heavy (non-hydrogen) atoms. The molecule has 1 atom stereocenters. The van der Waals surface area contributed by atoms with Crippen LogP contribution < -0.4 is 20.1 Å². The van der Waals surface area contributed by atoms with E-state index in [4.69, 9.17) is 9.47 Å². The summed E-state index contributed by atoms with van der Waals surface area (Å²) in [6.45, 7) is 1.03. The molecule has 0 aromatic heterocycles. The fourth-order valence-corrected chi connectivity index (χ4v) is 4.02. The van der Waals surface area contributed by atoms with Gasteiger partial charge in [-0.3, -0.25) is 4.79 Å². The molecule has 1 aliphatic rings. The Morgan fingerprint density at radius 2 is 1.77 bits per heavy atom. The van der Waals surface area contributed by atoms with Crippen LogP contribution in [-0.2, 0) is 17.8 Å². The van der Waals surface area contributed by atoms with Crippen LogP contribution in [0.5, 0.6) is 11.5 Å². The maximum absolute atomic E-state index is 13.0. The number of hydrogen-bond donors (Lipinski definition) is 2. The number of amides is 3. The van der Waals surface area contributed by atoms with Crippen LogP contribution >= 0.6 is 11.8 Å². The lowest BCUT2D eigenvalue weighted by molar-refractivity contribution is -0.118. The van der Waals surface area contributed by atoms with Crippen LogP contribution in [0.4, 0.5) is 10.5 Å². The first-order valence-electron chi connectivity index (χ1n) is 10.2. The van der Waals surface area contributed by atoms with Gasteiger partial charge in [0, 0.05) is 18.8 Å². The minimum absolute atomic E-state index is 0.211. The first-order valence-corrected chi connectivity index (χ1v) is 11.6. The van der Waals surface area contributed by atoms with Gasteiger partial charge in [0.15, 0.2) is 11.5 Å². The number of benzene rings is 2. The van der Waals surface area contributed by atoms with Crippen LogP contribution in [0.15, 0.2) is 42.5 Å². The number of carbonyl (C=O) groups excluding carboxylic acids is 2. The Balaban J connectivity index is 1.68. The van der Waals surface area contributed by atoms with Gasteiger partial charge in [-0.15, -0.1) is 0 Å². The standard InChI is InChI=1S/C23H29N3O4S/c1-29-20-13-16-9-11-26(15-17(16)14-21(20)30-2)23(28)25-19(10-12-31-3)22(27)24-18-7-5-4-6-8-18/h4-8,13-14,19H,9-12,15H2,1-3H3,(H,24,27)(H,25,28). The molecular weight excluding hydrogens is 414 g/mol. The first-order chi connectivity index (χ1) is 15.0.